The van der Waals surface area contributed by atoms with Crippen LogP contribution in [0.15, 0.2) is 59.0 Å². The molecule has 0 bridgehead atoms. The maximum atomic E-state index is 12.0. The molecule has 0 aliphatic heterocycles. The van der Waals surface area contributed by atoms with Crippen LogP contribution in [0.3, 0.4) is 0 Å². The van der Waals surface area contributed by atoms with Gasteiger partial charge >= 0.3 is 5.97 Å². The summed E-state index contributed by atoms with van der Waals surface area (Å²) in [7, 11) is 0. The number of aryl methyl sites for hydroxylation is 1. The molecule has 0 aliphatic rings. The van der Waals surface area contributed by atoms with Crippen molar-refractivity contribution in [3.63, 3.8) is 0 Å². The Hall–Kier alpha value is -3.15. The molecule has 0 saturated carbocycles. The van der Waals surface area contributed by atoms with Crippen molar-refractivity contribution in [2.24, 2.45) is 0 Å². The zero-order valence-electron chi connectivity index (χ0n) is 14.0. The van der Waals surface area contributed by atoms with Crippen LogP contribution in [-0.2, 0) is 9.53 Å². The number of carbonyl (C=O) groups is 1. The smallest absolute Gasteiger partial charge is 0.344 e. The first-order valence-electron chi connectivity index (χ1n) is 7.90. The second kappa shape index (κ2) is 7.61. The topological polar surface area (TPSA) is 74.5 Å². The molecule has 0 saturated heterocycles. The van der Waals surface area contributed by atoms with E-state index in [1.165, 1.54) is 0 Å². The lowest BCUT2D eigenvalue weighted by atomic mass is 10.2. The summed E-state index contributed by atoms with van der Waals surface area (Å²) in [6, 6.07) is 16.9. The predicted molar refractivity (Wildman–Crippen MR) is 90.9 cm³/mol. The quantitative estimate of drug-likeness (QED) is 0.638. The van der Waals surface area contributed by atoms with Crippen LogP contribution in [0.1, 0.15) is 24.5 Å². The van der Waals surface area contributed by atoms with E-state index in [1.807, 2.05) is 55.5 Å². The van der Waals surface area contributed by atoms with Gasteiger partial charge in [0.25, 0.3) is 5.89 Å². The van der Waals surface area contributed by atoms with Crippen LogP contribution >= 0.6 is 0 Å². The third-order valence-electron chi connectivity index (χ3n) is 3.56. The number of carbonyl (C=O) groups excluding carboxylic acids is 1. The van der Waals surface area contributed by atoms with Crippen LogP contribution in [0.25, 0.3) is 11.5 Å². The van der Waals surface area contributed by atoms with Gasteiger partial charge in [-0.2, -0.15) is 0 Å². The van der Waals surface area contributed by atoms with E-state index in [0.717, 1.165) is 11.1 Å². The van der Waals surface area contributed by atoms with Crippen LogP contribution in [0.2, 0.25) is 0 Å². The number of hydrogen-bond acceptors (Lipinski definition) is 6. The molecular formula is C19H18N2O4. The van der Waals surface area contributed by atoms with Crippen molar-refractivity contribution < 1.29 is 18.7 Å². The van der Waals surface area contributed by atoms with Gasteiger partial charge in [0.15, 0.2) is 12.7 Å². The van der Waals surface area contributed by atoms with Crippen molar-refractivity contribution in [3.8, 4) is 17.2 Å². The van der Waals surface area contributed by atoms with E-state index in [1.54, 1.807) is 13.0 Å². The fraction of sp³-hybridized carbons (Fsp3) is 0.211. The van der Waals surface area contributed by atoms with Crippen LogP contribution in [-0.4, -0.2) is 22.8 Å². The van der Waals surface area contributed by atoms with Gasteiger partial charge in [-0.05, 0) is 37.6 Å². The molecular weight excluding hydrogens is 320 g/mol. The number of nitrogens with zero attached hydrogens (tertiary/aromatic N) is 2. The van der Waals surface area contributed by atoms with Gasteiger partial charge in [0.2, 0.25) is 5.89 Å². The van der Waals surface area contributed by atoms with Crippen molar-refractivity contribution in [2.75, 3.05) is 6.61 Å². The molecule has 0 N–H and O–H groups in total. The summed E-state index contributed by atoms with van der Waals surface area (Å²) in [6.45, 7) is 3.40. The Balaban J connectivity index is 1.57. The van der Waals surface area contributed by atoms with Crippen molar-refractivity contribution in [3.05, 3.63) is 66.1 Å². The Morgan fingerprint density at radius 1 is 1.08 bits per heavy atom. The van der Waals surface area contributed by atoms with E-state index in [-0.39, 0.29) is 12.5 Å². The van der Waals surface area contributed by atoms with E-state index < -0.39 is 12.1 Å². The number of benzene rings is 2. The second-order valence-electron chi connectivity index (χ2n) is 5.50. The number of para-hydroxylation sites is 1. The lowest BCUT2D eigenvalue weighted by Crippen LogP contribution is -2.17. The highest BCUT2D eigenvalue weighted by Gasteiger charge is 2.19. The van der Waals surface area contributed by atoms with Crippen LogP contribution in [0, 0.1) is 6.92 Å². The van der Waals surface area contributed by atoms with Crippen LogP contribution < -0.4 is 4.74 Å². The molecule has 0 radical (unpaired) electrons. The summed E-state index contributed by atoms with van der Waals surface area (Å²) < 4.78 is 16.3. The molecule has 0 amide bonds. The molecule has 3 rings (SSSR count). The van der Waals surface area contributed by atoms with Crippen molar-refractivity contribution in [1.82, 2.24) is 10.2 Å². The predicted octanol–water partition coefficient (Wildman–Crippen LogP) is 3.73. The van der Waals surface area contributed by atoms with Gasteiger partial charge in [-0.25, -0.2) is 4.79 Å². The monoisotopic (exact) mass is 338 g/mol. The molecule has 1 aromatic heterocycles. The number of aromatic nitrogens is 2. The van der Waals surface area contributed by atoms with Gasteiger partial charge in [0, 0.05) is 5.56 Å². The largest absolute Gasteiger partial charge is 0.482 e. The standard InChI is InChI=1S/C19H18N2O4/c1-13-8-6-7-11-16(13)23-12-17(22)24-14(2)18-20-21-19(25-18)15-9-4-3-5-10-15/h3-11,14H,12H2,1-2H3/t14-/m0/s1. The fourth-order valence-corrected chi connectivity index (χ4v) is 2.23. The normalized spacial score (nSPS) is 11.8. The summed E-state index contributed by atoms with van der Waals surface area (Å²) in [5.74, 6) is 0.768. The number of hydrogen-bond donors (Lipinski definition) is 0. The summed E-state index contributed by atoms with van der Waals surface area (Å²) in [5.41, 5.74) is 1.76. The first-order valence-corrected chi connectivity index (χ1v) is 7.90. The SMILES string of the molecule is Cc1ccccc1OCC(=O)O[C@@H](C)c1nnc(-c2ccccc2)o1. The molecule has 0 unspecified atom stereocenters. The van der Waals surface area contributed by atoms with Crippen molar-refractivity contribution in [2.45, 2.75) is 20.0 Å². The molecule has 1 heterocycles. The maximum absolute atomic E-state index is 12.0. The minimum absolute atomic E-state index is 0.186. The number of ether oxygens (including phenoxy) is 2. The first kappa shape index (κ1) is 16.7. The van der Waals surface area contributed by atoms with E-state index in [2.05, 4.69) is 10.2 Å². The fourth-order valence-electron chi connectivity index (χ4n) is 2.23. The summed E-state index contributed by atoms with van der Waals surface area (Å²) in [5, 5.41) is 7.92. The van der Waals surface area contributed by atoms with Crippen molar-refractivity contribution in [1.29, 1.82) is 0 Å². The molecule has 128 valence electrons. The Kier molecular flexibility index (Phi) is 5.09. The Morgan fingerprint density at radius 3 is 2.56 bits per heavy atom. The van der Waals surface area contributed by atoms with Gasteiger partial charge in [-0.15, -0.1) is 10.2 Å². The number of esters is 1. The van der Waals surface area contributed by atoms with E-state index in [9.17, 15) is 4.79 Å². The molecule has 2 aromatic carbocycles. The zero-order chi connectivity index (χ0) is 17.6. The molecule has 0 aliphatic carbocycles. The summed E-state index contributed by atoms with van der Waals surface area (Å²) in [6.07, 6.45) is -0.655. The Labute approximate surface area is 145 Å². The highest BCUT2D eigenvalue weighted by Crippen LogP contribution is 2.22. The number of rotatable bonds is 6. The highest BCUT2D eigenvalue weighted by atomic mass is 16.6. The van der Waals surface area contributed by atoms with Gasteiger partial charge in [0.1, 0.15) is 5.75 Å². The molecule has 1 atom stereocenters. The highest BCUT2D eigenvalue weighted by molar-refractivity contribution is 5.71. The minimum atomic E-state index is -0.655. The Bertz CT molecular complexity index is 845. The summed E-state index contributed by atoms with van der Waals surface area (Å²) >= 11 is 0. The maximum Gasteiger partial charge on any atom is 0.344 e. The zero-order valence-corrected chi connectivity index (χ0v) is 14.0. The lowest BCUT2D eigenvalue weighted by Gasteiger charge is -2.11. The van der Waals surface area contributed by atoms with Gasteiger partial charge in [-0.3, -0.25) is 0 Å². The molecule has 6 heteroatoms. The average Bonchev–Trinajstić information content (AvgIpc) is 3.12. The molecule has 6 nitrogen and oxygen atoms in total. The van der Waals surface area contributed by atoms with E-state index in [4.69, 9.17) is 13.9 Å². The van der Waals surface area contributed by atoms with Crippen molar-refractivity contribution >= 4 is 5.97 Å². The third-order valence-corrected chi connectivity index (χ3v) is 3.56. The minimum Gasteiger partial charge on any atom is -0.482 e. The molecule has 3 aromatic rings. The van der Waals surface area contributed by atoms with E-state index in [0.29, 0.717) is 11.6 Å². The molecule has 25 heavy (non-hydrogen) atoms. The van der Waals surface area contributed by atoms with E-state index >= 15 is 0 Å². The Morgan fingerprint density at radius 2 is 1.80 bits per heavy atom. The van der Waals surface area contributed by atoms with Crippen LogP contribution in [0.4, 0.5) is 0 Å². The molecule has 0 spiro atoms. The second-order valence-corrected chi connectivity index (χ2v) is 5.50. The lowest BCUT2D eigenvalue weighted by molar-refractivity contribution is -0.152. The van der Waals surface area contributed by atoms with Gasteiger partial charge in [-0.1, -0.05) is 36.4 Å². The van der Waals surface area contributed by atoms with Gasteiger partial charge < -0.3 is 13.9 Å². The third kappa shape index (κ3) is 4.23. The van der Waals surface area contributed by atoms with Crippen LogP contribution in [0.5, 0.6) is 5.75 Å². The van der Waals surface area contributed by atoms with Gasteiger partial charge in [0.05, 0.1) is 0 Å². The first-order chi connectivity index (χ1) is 12.1. The molecule has 0 fully saturated rings. The average molecular weight is 338 g/mol. The summed E-state index contributed by atoms with van der Waals surface area (Å²) in [4.78, 5) is 12.0.